The van der Waals surface area contributed by atoms with Gasteiger partial charge in [-0.1, -0.05) is 40.2 Å². The summed E-state index contributed by atoms with van der Waals surface area (Å²) in [6, 6.07) is 17.5. The SMILES string of the molecule is O=c1oc2ccccc2c2nc(N3CCOCC3)c(-c3ccc(Br)cc3)cc12. The van der Waals surface area contributed by atoms with Crippen molar-refractivity contribution < 1.29 is 9.15 Å². The Morgan fingerprint density at radius 1 is 0.964 bits per heavy atom. The Morgan fingerprint density at radius 3 is 2.50 bits per heavy atom. The minimum atomic E-state index is -0.368. The fraction of sp³-hybridized carbons (Fsp3) is 0.182. The standard InChI is InChI=1S/C22H17BrN2O3/c23-15-7-5-14(6-8-15)17-13-18-20(24-21(17)25-9-11-27-12-10-25)16-3-1-2-4-19(16)28-22(18)26/h1-8,13H,9-12H2. The molecule has 4 aromatic rings. The molecule has 0 spiro atoms. The summed E-state index contributed by atoms with van der Waals surface area (Å²) < 4.78 is 12.1. The maximum atomic E-state index is 12.7. The van der Waals surface area contributed by atoms with Crippen LogP contribution in [0.25, 0.3) is 33.0 Å². The Balaban J connectivity index is 1.83. The molecule has 1 aliphatic rings. The van der Waals surface area contributed by atoms with E-state index in [9.17, 15) is 4.79 Å². The number of hydrogen-bond donors (Lipinski definition) is 0. The number of morpholine rings is 1. The lowest BCUT2D eigenvalue weighted by Crippen LogP contribution is -2.37. The molecule has 0 aliphatic carbocycles. The van der Waals surface area contributed by atoms with Gasteiger partial charge in [0.25, 0.3) is 0 Å². The fourth-order valence-electron chi connectivity index (χ4n) is 3.63. The molecule has 0 amide bonds. The number of hydrogen-bond acceptors (Lipinski definition) is 5. The lowest BCUT2D eigenvalue weighted by Gasteiger charge is -2.30. The first-order valence-corrected chi connectivity index (χ1v) is 9.95. The zero-order valence-corrected chi connectivity index (χ0v) is 16.6. The van der Waals surface area contributed by atoms with Crippen LogP contribution in [0.5, 0.6) is 0 Å². The van der Waals surface area contributed by atoms with Gasteiger partial charge >= 0.3 is 5.63 Å². The second kappa shape index (κ2) is 7.04. The summed E-state index contributed by atoms with van der Waals surface area (Å²) in [6.07, 6.45) is 0. The van der Waals surface area contributed by atoms with Crippen LogP contribution in [0.2, 0.25) is 0 Å². The molecule has 2 aromatic carbocycles. The van der Waals surface area contributed by atoms with E-state index in [0.717, 1.165) is 39.9 Å². The van der Waals surface area contributed by atoms with Gasteiger partial charge < -0.3 is 14.1 Å². The highest BCUT2D eigenvalue weighted by atomic mass is 79.9. The molecule has 5 rings (SSSR count). The number of benzene rings is 2. The van der Waals surface area contributed by atoms with Crippen LogP contribution in [0.1, 0.15) is 0 Å². The molecule has 1 saturated heterocycles. The molecular formula is C22H17BrN2O3. The minimum absolute atomic E-state index is 0.368. The van der Waals surface area contributed by atoms with Crippen molar-refractivity contribution in [2.24, 2.45) is 0 Å². The lowest BCUT2D eigenvalue weighted by molar-refractivity contribution is 0.122. The molecule has 0 atom stereocenters. The Labute approximate surface area is 169 Å². The van der Waals surface area contributed by atoms with E-state index in [1.165, 1.54) is 0 Å². The number of aromatic nitrogens is 1. The third-order valence-electron chi connectivity index (χ3n) is 5.03. The molecule has 6 heteroatoms. The van der Waals surface area contributed by atoms with Crippen LogP contribution >= 0.6 is 15.9 Å². The van der Waals surface area contributed by atoms with Gasteiger partial charge in [0, 0.05) is 28.5 Å². The summed E-state index contributed by atoms with van der Waals surface area (Å²) in [6.45, 7) is 2.86. The molecule has 1 fully saturated rings. The van der Waals surface area contributed by atoms with E-state index < -0.39 is 0 Å². The van der Waals surface area contributed by atoms with Gasteiger partial charge in [-0.15, -0.1) is 0 Å². The molecule has 5 nitrogen and oxygen atoms in total. The van der Waals surface area contributed by atoms with Crippen LogP contribution in [0, 0.1) is 0 Å². The van der Waals surface area contributed by atoms with Crippen molar-refractivity contribution in [2.75, 3.05) is 31.2 Å². The van der Waals surface area contributed by atoms with Gasteiger partial charge in [0.1, 0.15) is 11.4 Å². The summed E-state index contributed by atoms with van der Waals surface area (Å²) in [5.74, 6) is 0.869. The lowest BCUT2D eigenvalue weighted by atomic mass is 10.0. The number of nitrogens with zero attached hydrogens (tertiary/aromatic N) is 2. The Hall–Kier alpha value is -2.70. The number of halogens is 1. The first kappa shape index (κ1) is 17.4. The smallest absolute Gasteiger partial charge is 0.345 e. The number of fused-ring (bicyclic) bond motifs is 3. The maximum Gasteiger partial charge on any atom is 0.345 e. The van der Waals surface area contributed by atoms with E-state index in [1.807, 2.05) is 48.5 Å². The van der Waals surface area contributed by atoms with Crippen LogP contribution in [-0.2, 0) is 4.74 Å². The quantitative estimate of drug-likeness (QED) is 0.339. The summed E-state index contributed by atoms with van der Waals surface area (Å²) in [5, 5.41) is 1.34. The second-order valence-corrected chi connectivity index (χ2v) is 7.66. The first-order chi connectivity index (χ1) is 13.7. The summed E-state index contributed by atoms with van der Waals surface area (Å²) in [5.41, 5.74) is 2.79. The summed E-state index contributed by atoms with van der Waals surface area (Å²) in [7, 11) is 0. The second-order valence-electron chi connectivity index (χ2n) is 6.75. The molecule has 0 radical (unpaired) electrons. The van der Waals surface area contributed by atoms with Crippen LogP contribution in [0.4, 0.5) is 5.82 Å². The minimum Gasteiger partial charge on any atom is -0.422 e. The van der Waals surface area contributed by atoms with E-state index in [0.29, 0.717) is 29.7 Å². The average Bonchev–Trinajstić information content (AvgIpc) is 2.74. The van der Waals surface area contributed by atoms with Crippen LogP contribution in [0.3, 0.4) is 0 Å². The predicted octanol–water partition coefficient (Wildman–Crippen LogP) is 4.61. The zero-order valence-electron chi connectivity index (χ0n) is 15.0. The summed E-state index contributed by atoms with van der Waals surface area (Å²) >= 11 is 3.48. The first-order valence-electron chi connectivity index (χ1n) is 9.16. The van der Waals surface area contributed by atoms with E-state index in [2.05, 4.69) is 20.8 Å². The number of rotatable bonds is 2. The number of pyridine rings is 1. The molecular weight excluding hydrogens is 420 g/mol. The highest BCUT2D eigenvalue weighted by Gasteiger charge is 2.20. The Kier molecular flexibility index (Phi) is 4.37. The number of para-hydroxylation sites is 1. The van der Waals surface area contributed by atoms with Gasteiger partial charge in [-0.2, -0.15) is 0 Å². The molecule has 2 aromatic heterocycles. The normalized spacial score (nSPS) is 14.7. The van der Waals surface area contributed by atoms with Crippen molar-refractivity contribution >= 4 is 43.6 Å². The average molecular weight is 437 g/mol. The zero-order chi connectivity index (χ0) is 19.1. The highest BCUT2D eigenvalue weighted by Crippen LogP contribution is 2.34. The van der Waals surface area contributed by atoms with Crippen molar-refractivity contribution in [2.45, 2.75) is 0 Å². The van der Waals surface area contributed by atoms with Gasteiger partial charge in [-0.25, -0.2) is 9.78 Å². The molecule has 1 aliphatic heterocycles. The Morgan fingerprint density at radius 2 is 1.71 bits per heavy atom. The van der Waals surface area contributed by atoms with Gasteiger partial charge in [-0.3, -0.25) is 0 Å². The van der Waals surface area contributed by atoms with Gasteiger partial charge in [0.05, 0.1) is 24.1 Å². The van der Waals surface area contributed by atoms with Crippen molar-refractivity contribution in [3.8, 4) is 11.1 Å². The molecule has 3 heterocycles. The van der Waals surface area contributed by atoms with Crippen molar-refractivity contribution in [3.05, 3.63) is 69.5 Å². The number of ether oxygens (including phenoxy) is 1. The van der Waals surface area contributed by atoms with E-state index in [-0.39, 0.29) is 5.63 Å². The topological polar surface area (TPSA) is 55.6 Å². The molecule has 0 N–H and O–H groups in total. The summed E-state index contributed by atoms with van der Waals surface area (Å²) in [4.78, 5) is 19.9. The van der Waals surface area contributed by atoms with E-state index in [1.54, 1.807) is 6.07 Å². The van der Waals surface area contributed by atoms with Crippen LogP contribution < -0.4 is 10.5 Å². The third-order valence-corrected chi connectivity index (χ3v) is 5.56. The fourth-order valence-corrected chi connectivity index (χ4v) is 3.89. The third kappa shape index (κ3) is 2.99. The molecule has 140 valence electrons. The van der Waals surface area contributed by atoms with E-state index >= 15 is 0 Å². The van der Waals surface area contributed by atoms with Crippen molar-refractivity contribution in [3.63, 3.8) is 0 Å². The monoisotopic (exact) mass is 436 g/mol. The van der Waals surface area contributed by atoms with Crippen molar-refractivity contribution in [1.29, 1.82) is 0 Å². The molecule has 0 unspecified atom stereocenters. The predicted molar refractivity (Wildman–Crippen MR) is 114 cm³/mol. The molecule has 28 heavy (non-hydrogen) atoms. The Bertz CT molecular complexity index is 1230. The van der Waals surface area contributed by atoms with Gasteiger partial charge in [-0.05, 0) is 35.9 Å². The maximum absolute atomic E-state index is 12.7. The highest BCUT2D eigenvalue weighted by molar-refractivity contribution is 9.10. The van der Waals surface area contributed by atoms with Gasteiger partial charge in [0.2, 0.25) is 0 Å². The van der Waals surface area contributed by atoms with Crippen LogP contribution in [-0.4, -0.2) is 31.3 Å². The largest absolute Gasteiger partial charge is 0.422 e. The van der Waals surface area contributed by atoms with Crippen LogP contribution in [0.15, 0.2) is 68.3 Å². The number of anilines is 1. The van der Waals surface area contributed by atoms with Crippen molar-refractivity contribution in [1.82, 2.24) is 4.98 Å². The molecule has 0 bridgehead atoms. The molecule has 0 saturated carbocycles. The van der Waals surface area contributed by atoms with E-state index in [4.69, 9.17) is 14.1 Å². The van der Waals surface area contributed by atoms with Gasteiger partial charge in [0.15, 0.2) is 0 Å².